The minimum Gasteiger partial charge on any atom is -0.381 e. The summed E-state index contributed by atoms with van der Waals surface area (Å²) in [6.45, 7) is 2.20. The van der Waals surface area contributed by atoms with Crippen LogP contribution in [0.5, 0.6) is 0 Å². The van der Waals surface area contributed by atoms with Crippen LogP contribution in [0.25, 0.3) is 22.3 Å². The average molecular weight is 364 g/mol. The Bertz CT molecular complexity index is 910. The molecule has 0 aliphatic heterocycles. The molecule has 3 aromatic rings. The van der Waals surface area contributed by atoms with Crippen molar-refractivity contribution < 1.29 is 0 Å². The molecule has 142 valence electrons. The van der Waals surface area contributed by atoms with Crippen LogP contribution < -0.4 is 10.6 Å². The van der Waals surface area contributed by atoms with Crippen molar-refractivity contribution in [2.24, 2.45) is 0 Å². The Balaban J connectivity index is 1.81. The van der Waals surface area contributed by atoms with Gasteiger partial charge in [0.05, 0.1) is 11.4 Å². The van der Waals surface area contributed by atoms with Gasteiger partial charge in [0.25, 0.3) is 0 Å². The number of anilines is 2. The molecular formula is C21H28N6. The zero-order valence-corrected chi connectivity index (χ0v) is 16.2. The highest BCUT2D eigenvalue weighted by atomic mass is 15.0. The molecule has 1 aliphatic rings. The lowest BCUT2D eigenvalue weighted by Crippen LogP contribution is -2.22. The number of aromatic nitrogens is 4. The fraction of sp³-hybridized carbons (Fsp3) is 0.476. The summed E-state index contributed by atoms with van der Waals surface area (Å²) < 4.78 is 0. The maximum absolute atomic E-state index is 4.69. The molecule has 3 aromatic heterocycles. The van der Waals surface area contributed by atoms with Crippen molar-refractivity contribution in [1.82, 2.24) is 19.9 Å². The van der Waals surface area contributed by atoms with Gasteiger partial charge in [0.2, 0.25) is 0 Å². The largest absolute Gasteiger partial charge is 0.381 e. The summed E-state index contributed by atoms with van der Waals surface area (Å²) >= 11 is 0. The molecule has 0 bridgehead atoms. The zero-order chi connectivity index (χ0) is 18.6. The van der Waals surface area contributed by atoms with Gasteiger partial charge in [-0.3, -0.25) is 0 Å². The number of rotatable bonds is 6. The van der Waals surface area contributed by atoms with E-state index in [9.17, 15) is 0 Å². The molecule has 6 nitrogen and oxygen atoms in total. The van der Waals surface area contributed by atoms with Gasteiger partial charge in [0.1, 0.15) is 17.8 Å². The maximum atomic E-state index is 4.69. The summed E-state index contributed by atoms with van der Waals surface area (Å²) in [6, 6.07) is 4.74. The number of H-pyrrole nitrogens is 1. The number of hydrogen-bond donors (Lipinski definition) is 3. The number of fused-ring (bicyclic) bond motifs is 1. The minimum atomic E-state index is 0.512. The zero-order valence-electron chi connectivity index (χ0n) is 16.2. The van der Waals surface area contributed by atoms with Gasteiger partial charge in [-0.25, -0.2) is 15.0 Å². The lowest BCUT2D eigenvalue weighted by molar-refractivity contribution is 0.463. The molecule has 0 radical (unpaired) electrons. The highest BCUT2D eigenvalue weighted by Crippen LogP contribution is 2.35. The second-order valence-corrected chi connectivity index (χ2v) is 7.37. The number of pyridine rings is 1. The van der Waals surface area contributed by atoms with Crippen molar-refractivity contribution in [2.75, 3.05) is 17.7 Å². The monoisotopic (exact) mass is 364 g/mol. The lowest BCUT2D eigenvalue weighted by Gasteiger charge is -2.25. The summed E-state index contributed by atoms with van der Waals surface area (Å²) in [7, 11) is 1.87. The first kappa shape index (κ1) is 17.8. The average Bonchev–Trinajstić information content (AvgIpc) is 3.12. The van der Waals surface area contributed by atoms with E-state index in [1.165, 1.54) is 37.8 Å². The summed E-state index contributed by atoms with van der Waals surface area (Å²) in [5.41, 5.74) is 5.26. The molecule has 3 heterocycles. The molecule has 1 saturated carbocycles. The molecule has 0 unspecified atom stereocenters. The lowest BCUT2D eigenvalue weighted by atomic mass is 9.94. The Labute approximate surface area is 160 Å². The highest BCUT2D eigenvalue weighted by Gasteiger charge is 2.19. The molecule has 4 rings (SSSR count). The van der Waals surface area contributed by atoms with Crippen molar-refractivity contribution >= 4 is 22.5 Å². The predicted octanol–water partition coefficient (Wildman–Crippen LogP) is 4.76. The topological polar surface area (TPSA) is 78.5 Å². The third-order valence-electron chi connectivity index (χ3n) is 5.39. The van der Waals surface area contributed by atoms with Gasteiger partial charge in [-0.05, 0) is 25.3 Å². The Morgan fingerprint density at radius 3 is 2.74 bits per heavy atom. The first-order valence-electron chi connectivity index (χ1n) is 10.1. The van der Waals surface area contributed by atoms with Gasteiger partial charge in [-0.2, -0.15) is 0 Å². The van der Waals surface area contributed by atoms with Crippen LogP contribution in [-0.2, 0) is 6.42 Å². The van der Waals surface area contributed by atoms with Gasteiger partial charge in [-0.15, -0.1) is 0 Å². The molecule has 1 aliphatic carbocycles. The van der Waals surface area contributed by atoms with Crippen LogP contribution in [0.2, 0.25) is 0 Å². The van der Waals surface area contributed by atoms with E-state index in [1.807, 2.05) is 19.3 Å². The van der Waals surface area contributed by atoms with Crippen LogP contribution >= 0.6 is 0 Å². The van der Waals surface area contributed by atoms with Crippen LogP contribution in [0.15, 0.2) is 24.7 Å². The quantitative estimate of drug-likeness (QED) is 0.588. The van der Waals surface area contributed by atoms with E-state index in [0.717, 1.165) is 46.6 Å². The van der Waals surface area contributed by atoms with Gasteiger partial charge in [0, 0.05) is 42.0 Å². The van der Waals surface area contributed by atoms with Gasteiger partial charge in [0.15, 0.2) is 0 Å². The number of nitrogens with one attached hydrogen (secondary N) is 3. The molecule has 3 N–H and O–H groups in total. The van der Waals surface area contributed by atoms with Crippen molar-refractivity contribution in [1.29, 1.82) is 0 Å². The van der Waals surface area contributed by atoms with E-state index >= 15 is 0 Å². The standard InChI is InChI=1S/C21H28N6/c1-3-7-15-10-16-20(26-14-8-5-4-6-9-14)17(12-23-21(16)27-15)18-11-19(22-2)25-13-24-18/h10-14H,3-9H2,1-2H3,(H,22,24,25)(H2,23,26,27). The van der Waals surface area contributed by atoms with E-state index in [4.69, 9.17) is 4.98 Å². The van der Waals surface area contributed by atoms with E-state index in [-0.39, 0.29) is 0 Å². The van der Waals surface area contributed by atoms with Crippen LogP contribution in [0.1, 0.15) is 51.1 Å². The Morgan fingerprint density at radius 1 is 1.11 bits per heavy atom. The Hall–Kier alpha value is -2.63. The van der Waals surface area contributed by atoms with Crippen molar-refractivity contribution in [3.8, 4) is 11.3 Å². The van der Waals surface area contributed by atoms with Crippen molar-refractivity contribution in [2.45, 2.75) is 57.9 Å². The number of aromatic amines is 1. The molecule has 6 heteroatoms. The molecule has 27 heavy (non-hydrogen) atoms. The Kier molecular flexibility index (Phi) is 5.23. The third kappa shape index (κ3) is 3.75. The van der Waals surface area contributed by atoms with Gasteiger partial charge in [-0.1, -0.05) is 32.6 Å². The first-order valence-corrected chi connectivity index (χ1v) is 10.1. The van der Waals surface area contributed by atoms with Gasteiger partial charge >= 0.3 is 0 Å². The second-order valence-electron chi connectivity index (χ2n) is 7.37. The fourth-order valence-electron chi connectivity index (χ4n) is 3.98. The number of nitrogens with zero attached hydrogens (tertiary/aromatic N) is 3. The molecule has 1 fully saturated rings. The van der Waals surface area contributed by atoms with Crippen LogP contribution in [0.3, 0.4) is 0 Å². The normalized spacial score (nSPS) is 15.2. The smallest absolute Gasteiger partial charge is 0.139 e. The molecule has 0 spiro atoms. The first-order chi connectivity index (χ1) is 13.3. The minimum absolute atomic E-state index is 0.512. The Morgan fingerprint density at radius 2 is 1.96 bits per heavy atom. The van der Waals surface area contributed by atoms with Crippen molar-refractivity contribution in [3.63, 3.8) is 0 Å². The second kappa shape index (κ2) is 7.94. The van der Waals surface area contributed by atoms with Crippen LogP contribution in [0.4, 0.5) is 11.5 Å². The third-order valence-corrected chi connectivity index (χ3v) is 5.39. The summed E-state index contributed by atoms with van der Waals surface area (Å²) in [5, 5.41) is 8.10. The van der Waals surface area contributed by atoms with E-state index in [0.29, 0.717) is 6.04 Å². The number of hydrogen-bond acceptors (Lipinski definition) is 5. The van der Waals surface area contributed by atoms with Gasteiger partial charge < -0.3 is 15.6 Å². The highest BCUT2D eigenvalue weighted by molar-refractivity contribution is 5.98. The summed E-state index contributed by atoms with van der Waals surface area (Å²) in [4.78, 5) is 16.9. The molecule has 0 amide bonds. The van der Waals surface area contributed by atoms with E-state index < -0.39 is 0 Å². The summed E-state index contributed by atoms with van der Waals surface area (Å²) in [6.07, 6.45) is 12.1. The predicted molar refractivity (Wildman–Crippen MR) is 111 cm³/mol. The van der Waals surface area contributed by atoms with Crippen LogP contribution in [-0.4, -0.2) is 33.0 Å². The fourth-order valence-corrected chi connectivity index (χ4v) is 3.98. The number of aryl methyl sites for hydroxylation is 1. The summed E-state index contributed by atoms with van der Waals surface area (Å²) in [5.74, 6) is 0.810. The molecular weight excluding hydrogens is 336 g/mol. The van der Waals surface area contributed by atoms with Crippen LogP contribution in [0, 0.1) is 0 Å². The molecule has 0 saturated heterocycles. The molecule has 0 atom stereocenters. The van der Waals surface area contributed by atoms with Crippen molar-refractivity contribution in [3.05, 3.63) is 30.4 Å². The maximum Gasteiger partial charge on any atom is 0.139 e. The SMILES string of the molecule is CCCc1cc2c(NC3CCCCC3)c(-c3cc(NC)ncn3)cnc2[nH]1. The van der Waals surface area contributed by atoms with E-state index in [1.54, 1.807) is 6.33 Å². The van der Waals surface area contributed by atoms with E-state index in [2.05, 4.69) is 38.6 Å². The molecule has 0 aromatic carbocycles.